The van der Waals surface area contributed by atoms with Crippen LogP contribution in [-0.4, -0.2) is 22.4 Å². The van der Waals surface area contributed by atoms with Crippen LogP contribution in [0.1, 0.15) is 43.0 Å². The highest BCUT2D eigenvalue weighted by molar-refractivity contribution is 7.10. The zero-order valence-corrected chi connectivity index (χ0v) is 13.9. The minimum absolute atomic E-state index is 0.0822. The smallest absolute Gasteiger partial charge is 0.222 e. The molecule has 6 heteroatoms. The van der Waals surface area contributed by atoms with Crippen LogP contribution in [0.4, 0.5) is 5.95 Å². The predicted octanol–water partition coefficient (Wildman–Crippen LogP) is 3.39. The van der Waals surface area contributed by atoms with Crippen molar-refractivity contribution in [3.8, 4) is 0 Å². The molecule has 0 spiro atoms. The molecular weight excluding hydrogens is 308 g/mol. The number of carbonyl (C=O) groups is 1. The Morgan fingerprint density at radius 2 is 2.04 bits per heavy atom. The summed E-state index contributed by atoms with van der Waals surface area (Å²) in [5.41, 5.74) is 0. The second-order valence-corrected chi connectivity index (χ2v) is 6.83. The molecule has 5 nitrogen and oxygen atoms in total. The van der Waals surface area contributed by atoms with E-state index in [9.17, 15) is 4.79 Å². The van der Waals surface area contributed by atoms with Gasteiger partial charge in [-0.25, -0.2) is 9.97 Å². The summed E-state index contributed by atoms with van der Waals surface area (Å²) in [5, 5.41) is 8.39. The Labute approximate surface area is 140 Å². The third-order valence-electron chi connectivity index (χ3n) is 4.24. The van der Waals surface area contributed by atoms with Crippen molar-refractivity contribution >= 4 is 23.2 Å². The van der Waals surface area contributed by atoms with Crippen molar-refractivity contribution in [1.82, 2.24) is 15.3 Å². The minimum Gasteiger partial charge on any atom is -0.354 e. The summed E-state index contributed by atoms with van der Waals surface area (Å²) in [7, 11) is 0. The monoisotopic (exact) mass is 330 g/mol. The van der Waals surface area contributed by atoms with Gasteiger partial charge in [0.25, 0.3) is 0 Å². The summed E-state index contributed by atoms with van der Waals surface area (Å²) in [6, 6.07) is 6.12. The van der Waals surface area contributed by atoms with Crippen molar-refractivity contribution in [2.75, 3.05) is 11.9 Å². The van der Waals surface area contributed by atoms with E-state index in [4.69, 9.17) is 0 Å². The fraction of sp³-hybridized carbons (Fsp3) is 0.471. The van der Waals surface area contributed by atoms with Gasteiger partial charge in [0.2, 0.25) is 11.9 Å². The number of amides is 1. The Morgan fingerprint density at radius 3 is 2.74 bits per heavy atom. The Hall–Kier alpha value is -1.95. The molecule has 2 heterocycles. The average molecular weight is 330 g/mol. The number of rotatable bonds is 7. The molecule has 2 aromatic heterocycles. The number of nitrogens with one attached hydrogen (secondary N) is 2. The molecule has 2 N–H and O–H groups in total. The van der Waals surface area contributed by atoms with Crippen LogP contribution < -0.4 is 10.6 Å². The van der Waals surface area contributed by atoms with Crippen LogP contribution in [0, 0.1) is 5.92 Å². The Kier molecular flexibility index (Phi) is 5.58. The molecule has 1 unspecified atom stereocenters. The van der Waals surface area contributed by atoms with Crippen molar-refractivity contribution in [2.45, 2.75) is 38.1 Å². The van der Waals surface area contributed by atoms with E-state index in [2.05, 4.69) is 38.1 Å². The maximum atomic E-state index is 12.3. The Bertz CT molecular complexity index is 596. The first-order valence-electron chi connectivity index (χ1n) is 8.16. The molecule has 1 aliphatic carbocycles. The lowest BCUT2D eigenvalue weighted by molar-refractivity contribution is -0.121. The van der Waals surface area contributed by atoms with E-state index in [0.717, 1.165) is 0 Å². The molecule has 1 aliphatic rings. The summed E-state index contributed by atoms with van der Waals surface area (Å²) >= 11 is 1.73. The van der Waals surface area contributed by atoms with Crippen LogP contribution in [0.25, 0.3) is 0 Å². The summed E-state index contributed by atoms with van der Waals surface area (Å²) in [5.74, 6) is 1.22. The molecule has 0 bridgehead atoms. The summed E-state index contributed by atoms with van der Waals surface area (Å²) < 4.78 is 0. The van der Waals surface area contributed by atoms with Crippen LogP contribution in [0.15, 0.2) is 36.0 Å². The number of carbonyl (C=O) groups excluding carboxylic acids is 1. The fourth-order valence-electron chi connectivity index (χ4n) is 3.10. The van der Waals surface area contributed by atoms with Gasteiger partial charge in [-0.1, -0.05) is 18.9 Å². The minimum atomic E-state index is 0.0822. The maximum Gasteiger partial charge on any atom is 0.222 e. The van der Waals surface area contributed by atoms with Gasteiger partial charge in [-0.05, 0) is 36.3 Å². The third-order valence-corrected chi connectivity index (χ3v) is 5.19. The van der Waals surface area contributed by atoms with Gasteiger partial charge in [-0.3, -0.25) is 4.79 Å². The normalized spacial score (nSPS) is 16.2. The first-order valence-corrected chi connectivity index (χ1v) is 9.04. The van der Waals surface area contributed by atoms with Crippen LogP contribution in [0.2, 0.25) is 0 Å². The van der Waals surface area contributed by atoms with Gasteiger partial charge in [0.15, 0.2) is 0 Å². The topological polar surface area (TPSA) is 66.9 Å². The number of thiophene rings is 1. The number of hydrogen-bond acceptors (Lipinski definition) is 5. The van der Waals surface area contributed by atoms with E-state index in [-0.39, 0.29) is 11.9 Å². The van der Waals surface area contributed by atoms with Crippen LogP contribution in [-0.2, 0) is 4.79 Å². The molecule has 1 saturated carbocycles. The molecule has 0 aromatic carbocycles. The molecule has 0 saturated heterocycles. The zero-order chi connectivity index (χ0) is 15.9. The highest BCUT2D eigenvalue weighted by atomic mass is 32.1. The molecule has 1 fully saturated rings. The molecule has 0 radical (unpaired) electrons. The van der Waals surface area contributed by atoms with E-state index in [1.807, 2.05) is 0 Å². The standard InChI is InChI=1S/C17H22N4OS/c22-15(8-11-20-17-18-9-4-10-19-17)21-16(13-5-1-2-6-13)14-7-3-12-23-14/h3-4,7,9-10,12-13,16H,1-2,5-6,8,11H2,(H,21,22)(H,18,19,20). The lowest BCUT2D eigenvalue weighted by Gasteiger charge is -2.23. The average Bonchev–Trinajstić information content (AvgIpc) is 3.27. The van der Waals surface area contributed by atoms with Crippen LogP contribution in [0.5, 0.6) is 0 Å². The Balaban J connectivity index is 1.51. The quantitative estimate of drug-likeness (QED) is 0.816. The van der Waals surface area contributed by atoms with Gasteiger partial charge in [-0.15, -0.1) is 11.3 Å². The SMILES string of the molecule is O=C(CCNc1ncccn1)NC(c1cccs1)C1CCCC1. The van der Waals surface area contributed by atoms with Crippen molar-refractivity contribution in [2.24, 2.45) is 5.92 Å². The largest absolute Gasteiger partial charge is 0.354 e. The number of aromatic nitrogens is 2. The van der Waals surface area contributed by atoms with Crippen LogP contribution >= 0.6 is 11.3 Å². The highest BCUT2D eigenvalue weighted by Gasteiger charge is 2.28. The molecular formula is C17H22N4OS. The number of nitrogens with zero attached hydrogens (tertiary/aromatic N) is 2. The Morgan fingerprint density at radius 1 is 1.26 bits per heavy atom. The van der Waals surface area contributed by atoms with Crippen molar-refractivity contribution in [1.29, 1.82) is 0 Å². The van der Waals surface area contributed by atoms with E-state index >= 15 is 0 Å². The predicted molar refractivity (Wildman–Crippen MR) is 92.3 cm³/mol. The maximum absolute atomic E-state index is 12.3. The van der Waals surface area contributed by atoms with Crippen LogP contribution in [0.3, 0.4) is 0 Å². The van der Waals surface area contributed by atoms with Gasteiger partial charge in [0.05, 0.1) is 6.04 Å². The first kappa shape index (κ1) is 15.9. The summed E-state index contributed by atoms with van der Waals surface area (Å²) in [6.45, 7) is 0.539. The molecule has 23 heavy (non-hydrogen) atoms. The summed E-state index contributed by atoms with van der Waals surface area (Å²) in [4.78, 5) is 21.8. The lowest BCUT2D eigenvalue weighted by Crippen LogP contribution is -2.33. The second-order valence-electron chi connectivity index (χ2n) is 5.85. The fourth-order valence-corrected chi connectivity index (χ4v) is 3.97. The first-order chi connectivity index (χ1) is 11.3. The van der Waals surface area contributed by atoms with E-state index in [1.165, 1.54) is 30.6 Å². The zero-order valence-electron chi connectivity index (χ0n) is 13.1. The molecule has 2 aromatic rings. The van der Waals surface area contributed by atoms with E-state index in [0.29, 0.717) is 24.8 Å². The van der Waals surface area contributed by atoms with E-state index in [1.54, 1.807) is 29.8 Å². The molecule has 1 amide bonds. The van der Waals surface area contributed by atoms with E-state index < -0.39 is 0 Å². The molecule has 122 valence electrons. The molecule has 3 rings (SSSR count). The van der Waals surface area contributed by atoms with Crippen molar-refractivity contribution in [3.05, 3.63) is 40.8 Å². The van der Waals surface area contributed by atoms with Crippen molar-refractivity contribution in [3.63, 3.8) is 0 Å². The summed E-state index contributed by atoms with van der Waals surface area (Å²) in [6.07, 6.45) is 8.75. The number of hydrogen-bond donors (Lipinski definition) is 2. The number of anilines is 1. The van der Waals surface area contributed by atoms with Crippen molar-refractivity contribution < 1.29 is 4.79 Å². The van der Waals surface area contributed by atoms with Gasteiger partial charge in [0, 0.05) is 30.2 Å². The molecule has 1 atom stereocenters. The third kappa shape index (κ3) is 4.51. The lowest BCUT2D eigenvalue weighted by atomic mass is 9.96. The van der Waals surface area contributed by atoms with Gasteiger partial charge in [0.1, 0.15) is 0 Å². The van der Waals surface area contributed by atoms with Gasteiger partial charge < -0.3 is 10.6 Å². The molecule has 0 aliphatic heterocycles. The second kappa shape index (κ2) is 8.06. The highest BCUT2D eigenvalue weighted by Crippen LogP contribution is 2.37. The van der Waals surface area contributed by atoms with Gasteiger partial charge >= 0.3 is 0 Å². The van der Waals surface area contributed by atoms with Gasteiger partial charge in [-0.2, -0.15) is 0 Å².